The van der Waals surface area contributed by atoms with Crippen molar-refractivity contribution < 1.29 is 14.3 Å². The lowest BCUT2D eigenvalue weighted by Crippen LogP contribution is -2.35. The third-order valence-electron chi connectivity index (χ3n) is 2.92. The van der Waals surface area contributed by atoms with Crippen LogP contribution in [0.1, 0.15) is 20.3 Å². The molecule has 0 aromatic heterocycles. The Morgan fingerprint density at radius 3 is 2.89 bits per heavy atom. The summed E-state index contributed by atoms with van der Waals surface area (Å²) in [6.07, 6.45) is 0.482. The molecular formula is C14H18N2O3. The number of carbonyl (C=O) groups is 2. The van der Waals surface area contributed by atoms with Crippen LogP contribution >= 0.6 is 0 Å². The predicted molar refractivity (Wildman–Crippen MR) is 73.4 cm³/mol. The number of nitrogens with one attached hydrogen (secondary N) is 1. The van der Waals surface area contributed by atoms with E-state index >= 15 is 0 Å². The Kier molecular flexibility index (Phi) is 3.74. The first-order valence-electron chi connectivity index (χ1n) is 6.30. The monoisotopic (exact) mass is 262 g/mol. The highest BCUT2D eigenvalue weighted by atomic mass is 16.5. The van der Waals surface area contributed by atoms with Gasteiger partial charge in [-0.1, -0.05) is 13.8 Å². The average Bonchev–Trinajstić information content (AvgIpc) is 2.33. The lowest BCUT2D eigenvalue weighted by atomic mass is 10.1. The molecule has 2 amide bonds. The van der Waals surface area contributed by atoms with Crippen molar-refractivity contribution in [3.8, 4) is 5.75 Å². The fraction of sp³-hybridized carbons (Fsp3) is 0.429. The molecule has 1 N–H and O–H groups in total. The van der Waals surface area contributed by atoms with Gasteiger partial charge in [-0.25, -0.2) is 0 Å². The van der Waals surface area contributed by atoms with Crippen LogP contribution in [0.3, 0.4) is 0 Å². The van der Waals surface area contributed by atoms with Crippen molar-refractivity contribution in [2.24, 2.45) is 5.92 Å². The normalized spacial score (nSPS) is 14.1. The van der Waals surface area contributed by atoms with Gasteiger partial charge in [-0.2, -0.15) is 0 Å². The van der Waals surface area contributed by atoms with Gasteiger partial charge in [-0.05, 0) is 18.1 Å². The van der Waals surface area contributed by atoms with Gasteiger partial charge < -0.3 is 15.0 Å². The molecule has 1 aromatic rings. The quantitative estimate of drug-likeness (QED) is 0.906. The van der Waals surface area contributed by atoms with Crippen molar-refractivity contribution in [3.63, 3.8) is 0 Å². The molecule has 1 aromatic carbocycles. The van der Waals surface area contributed by atoms with Gasteiger partial charge in [0.05, 0.1) is 5.69 Å². The highest BCUT2D eigenvalue weighted by Gasteiger charge is 2.22. The third kappa shape index (κ3) is 3.05. The van der Waals surface area contributed by atoms with Crippen molar-refractivity contribution in [2.45, 2.75) is 20.3 Å². The molecule has 0 aliphatic carbocycles. The highest BCUT2D eigenvalue weighted by molar-refractivity contribution is 5.98. The number of benzene rings is 1. The Morgan fingerprint density at radius 1 is 1.47 bits per heavy atom. The van der Waals surface area contributed by atoms with E-state index in [1.807, 2.05) is 13.8 Å². The Labute approximate surface area is 112 Å². The number of fused-ring (bicyclic) bond motifs is 1. The minimum Gasteiger partial charge on any atom is -0.481 e. The summed E-state index contributed by atoms with van der Waals surface area (Å²) >= 11 is 0. The van der Waals surface area contributed by atoms with Gasteiger partial charge >= 0.3 is 0 Å². The van der Waals surface area contributed by atoms with E-state index in [0.29, 0.717) is 23.8 Å². The largest absolute Gasteiger partial charge is 0.481 e. The van der Waals surface area contributed by atoms with Gasteiger partial charge in [0, 0.05) is 25.2 Å². The zero-order valence-corrected chi connectivity index (χ0v) is 11.4. The molecule has 0 radical (unpaired) electrons. The van der Waals surface area contributed by atoms with Crippen LogP contribution in [0, 0.1) is 5.92 Å². The molecule has 5 nitrogen and oxygen atoms in total. The molecule has 0 fully saturated rings. The summed E-state index contributed by atoms with van der Waals surface area (Å²) in [7, 11) is 1.71. The van der Waals surface area contributed by atoms with E-state index < -0.39 is 0 Å². The SMILES string of the molecule is CC(C)CC(=O)Nc1ccc2c(c1)OCC(=O)N2C. The molecule has 5 heteroatoms. The lowest BCUT2D eigenvalue weighted by Gasteiger charge is -2.26. The summed E-state index contributed by atoms with van der Waals surface area (Å²) in [6, 6.07) is 5.30. The van der Waals surface area contributed by atoms with Crippen LogP contribution in [0.4, 0.5) is 11.4 Å². The molecule has 1 heterocycles. The zero-order chi connectivity index (χ0) is 14.0. The summed E-state index contributed by atoms with van der Waals surface area (Å²) in [5, 5.41) is 2.83. The molecule has 0 atom stereocenters. The number of hydrogen-bond acceptors (Lipinski definition) is 3. The van der Waals surface area contributed by atoms with E-state index in [9.17, 15) is 9.59 Å². The fourth-order valence-electron chi connectivity index (χ4n) is 1.94. The lowest BCUT2D eigenvalue weighted by molar-refractivity contribution is -0.121. The molecule has 0 spiro atoms. The molecule has 0 unspecified atom stereocenters. The number of amides is 2. The maximum absolute atomic E-state index is 11.7. The van der Waals surface area contributed by atoms with Crippen LogP contribution < -0.4 is 15.0 Å². The Bertz CT molecular complexity index is 511. The number of hydrogen-bond donors (Lipinski definition) is 1. The molecule has 0 saturated heterocycles. The molecular weight excluding hydrogens is 244 g/mol. The number of likely N-dealkylation sites (N-methyl/N-ethyl adjacent to an activating group) is 1. The van der Waals surface area contributed by atoms with Gasteiger partial charge in [0.25, 0.3) is 5.91 Å². The molecule has 0 bridgehead atoms. The second-order valence-corrected chi connectivity index (χ2v) is 5.07. The van der Waals surface area contributed by atoms with Crippen molar-refractivity contribution in [1.29, 1.82) is 0 Å². The smallest absolute Gasteiger partial charge is 0.264 e. The summed E-state index contributed by atoms with van der Waals surface area (Å²) in [4.78, 5) is 24.7. The van der Waals surface area contributed by atoms with E-state index in [4.69, 9.17) is 4.74 Å². The summed E-state index contributed by atoms with van der Waals surface area (Å²) < 4.78 is 5.37. The molecule has 1 aliphatic heterocycles. The van der Waals surface area contributed by atoms with Crippen LogP contribution in [0.5, 0.6) is 5.75 Å². The zero-order valence-electron chi connectivity index (χ0n) is 11.4. The topological polar surface area (TPSA) is 58.6 Å². The highest BCUT2D eigenvalue weighted by Crippen LogP contribution is 2.33. The number of anilines is 2. The van der Waals surface area contributed by atoms with Crippen molar-refractivity contribution >= 4 is 23.2 Å². The molecule has 2 rings (SSSR count). The Hall–Kier alpha value is -2.04. The van der Waals surface area contributed by atoms with Gasteiger partial charge in [0.1, 0.15) is 5.75 Å². The van der Waals surface area contributed by atoms with Crippen molar-refractivity contribution in [1.82, 2.24) is 0 Å². The Morgan fingerprint density at radius 2 is 2.21 bits per heavy atom. The van der Waals surface area contributed by atoms with Crippen LogP contribution in [0.15, 0.2) is 18.2 Å². The van der Waals surface area contributed by atoms with E-state index in [0.717, 1.165) is 5.69 Å². The van der Waals surface area contributed by atoms with Crippen LogP contribution in [-0.2, 0) is 9.59 Å². The minimum absolute atomic E-state index is 0.0183. The number of rotatable bonds is 3. The molecule has 19 heavy (non-hydrogen) atoms. The number of nitrogens with zero attached hydrogens (tertiary/aromatic N) is 1. The van der Waals surface area contributed by atoms with Gasteiger partial charge in [-0.3, -0.25) is 9.59 Å². The predicted octanol–water partition coefficient (Wildman–Crippen LogP) is 2.03. The van der Waals surface area contributed by atoms with E-state index in [-0.39, 0.29) is 18.4 Å². The standard InChI is InChI=1S/C14H18N2O3/c1-9(2)6-13(17)15-10-4-5-11-12(7-10)19-8-14(18)16(11)3/h4-5,7,9H,6,8H2,1-3H3,(H,15,17). The van der Waals surface area contributed by atoms with E-state index in [1.165, 1.54) is 0 Å². The minimum atomic E-state index is -0.0795. The van der Waals surface area contributed by atoms with E-state index in [2.05, 4.69) is 5.32 Å². The second kappa shape index (κ2) is 5.30. The van der Waals surface area contributed by atoms with Gasteiger partial charge in [-0.15, -0.1) is 0 Å². The Balaban J connectivity index is 2.13. The summed E-state index contributed by atoms with van der Waals surface area (Å²) in [6.45, 7) is 4.03. The van der Waals surface area contributed by atoms with Gasteiger partial charge in [0.2, 0.25) is 5.91 Å². The maximum atomic E-state index is 11.7. The maximum Gasteiger partial charge on any atom is 0.264 e. The first-order valence-corrected chi connectivity index (χ1v) is 6.30. The van der Waals surface area contributed by atoms with E-state index in [1.54, 1.807) is 30.1 Å². The molecule has 102 valence electrons. The molecule has 0 saturated carbocycles. The van der Waals surface area contributed by atoms with Gasteiger partial charge in [0.15, 0.2) is 6.61 Å². The average molecular weight is 262 g/mol. The number of ether oxygens (including phenoxy) is 1. The number of carbonyl (C=O) groups excluding carboxylic acids is 2. The van der Waals surface area contributed by atoms with Crippen molar-refractivity contribution in [3.05, 3.63) is 18.2 Å². The van der Waals surface area contributed by atoms with Crippen molar-refractivity contribution in [2.75, 3.05) is 23.9 Å². The first-order chi connectivity index (χ1) is 8.97. The van der Waals surface area contributed by atoms with Crippen LogP contribution in [-0.4, -0.2) is 25.5 Å². The van der Waals surface area contributed by atoms with Crippen LogP contribution in [0.2, 0.25) is 0 Å². The summed E-state index contributed by atoms with van der Waals surface area (Å²) in [5.41, 5.74) is 1.41. The summed E-state index contributed by atoms with van der Waals surface area (Å²) in [5.74, 6) is 0.835. The third-order valence-corrected chi connectivity index (χ3v) is 2.92. The second-order valence-electron chi connectivity index (χ2n) is 5.07. The molecule has 1 aliphatic rings. The fourth-order valence-corrected chi connectivity index (χ4v) is 1.94. The first kappa shape index (κ1) is 13.4. The van der Waals surface area contributed by atoms with Crippen LogP contribution in [0.25, 0.3) is 0 Å².